The van der Waals surface area contributed by atoms with Gasteiger partial charge < -0.3 is 14.6 Å². The predicted molar refractivity (Wildman–Crippen MR) is 97.8 cm³/mol. The van der Waals surface area contributed by atoms with Gasteiger partial charge in [-0.25, -0.2) is 9.78 Å². The number of nitrogens with zero attached hydrogens (tertiary/aromatic N) is 1. The molecular formula is C19H16BrNO4. The molecule has 128 valence electrons. The molecule has 0 saturated heterocycles. The first-order valence-corrected chi connectivity index (χ1v) is 8.55. The second kappa shape index (κ2) is 7.53. The second-order valence-corrected chi connectivity index (χ2v) is 6.05. The average molecular weight is 402 g/mol. The maximum Gasteiger partial charge on any atom is 0.360 e. The fourth-order valence-corrected chi connectivity index (χ4v) is 2.92. The molecule has 0 spiro atoms. The summed E-state index contributed by atoms with van der Waals surface area (Å²) in [6.07, 6.45) is 0. The smallest absolute Gasteiger partial charge is 0.360 e. The van der Waals surface area contributed by atoms with Gasteiger partial charge in [-0.05, 0) is 46.6 Å². The lowest BCUT2D eigenvalue weighted by Gasteiger charge is -2.11. The first kappa shape index (κ1) is 17.2. The molecule has 0 aliphatic carbocycles. The number of carbonyl (C=O) groups is 1. The Balaban J connectivity index is 1.91. The molecule has 0 fully saturated rings. The molecule has 1 aromatic heterocycles. The Labute approximate surface area is 153 Å². The van der Waals surface area contributed by atoms with Gasteiger partial charge in [0.05, 0.1) is 6.61 Å². The van der Waals surface area contributed by atoms with Crippen molar-refractivity contribution in [3.8, 4) is 11.5 Å². The highest BCUT2D eigenvalue weighted by Crippen LogP contribution is 2.35. The number of pyridine rings is 1. The topological polar surface area (TPSA) is 68.7 Å². The van der Waals surface area contributed by atoms with Gasteiger partial charge in [0.2, 0.25) is 0 Å². The Bertz CT molecular complexity index is 912. The van der Waals surface area contributed by atoms with Gasteiger partial charge in [-0.15, -0.1) is 0 Å². The third-order valence-electron chi connectivity index (χ3n) is 3.62. The van der Waals surface area contributed by atoms with Gasteiger partial charge >= 0.3 is 5.97 Å². The van der Waals surface area contributed by atoms with Crippen molar-refractivity contribution in [2.75, 3.05) is 6.61 Å². The monoisotopic (exact) mass is 401 g/mol. The van der Waals surface area contributed by atoms with Crippen LogP contribution in [0.4, 0.5) is 0 Å². The van der Waals surface area contributed by atoms with Crippen LogP contribution in [0, 0.1) is 0 Å². The highest BCUT2D eigenvalue weighted by atomic mass is 79.9. The zero-order valence-corrected chi connectivity index (χ0v) is 15.1. The van der Waals surface area contributed by atoms with Gasteiger partial charge in [-0.3, -0.25) is 0 Å². The number of benzene rings is 2. The number of esters is 1. The number of hydrogen-bond donors (Lipinski definition) is 1. The van der Waals surface area contributed by atoms with Crippen molar-refractivity contribution < 1.29 is 19.4 Å². The fourth-order valence-electron chi connectivity index (χ4n) is 2.41. The van der Waals surface area contributed by atoms with Crippen LogP contribution in [0.5, 0.6) is 11.5 Å². The van der Waals surface area contributed by atoms with Gasteiger partial charge in [0.1, 0.15) is 17.0 Å². The zero-order chi connectivity index (χ0) is 17.8. The minimum absolute atomic E-state index is 0.112. The van der Waals surface area contributed by atoms with Crippen molar-refractivity contribution in [1.82, 2.24) is 4.98 Å². The van der Waals surface area contributed by atoms with E-state index >= 15 is 0 Å². The van der Waals surface area contributed by atoms with E-state index in [4.69, 9.17) is 9.47 Å². The van der Waals surface area contributed by atoms with E-state index in [2.05, 4.69) is 20.9 Å². The molecule has 0 aliphatic heterocycles. The van der Waals surface area contributed by atoms with Gasteiger partial charge in [-0.2, -0.15) is 0 Å². The standard InChI is InChI=1S/C19H16BrNO4/c1-2-24-19(23)16-17(22)14-9-8-13(10-15(14)18(20)21-16)25-11-12-6-4-3-5-7-12/h3-10,22H,2,11H2,1H3. The molecule has 5 nitrogen and oxygen atoms in total. The molecule has 0 amide bonds. The molecular weight excluding hydrogens is 386 g/mol. The van der Waals surface area contributed by atoms with Crippen molar-refractivity contribution in [3.63, 3.8) is 0 Å². The van der Waals surface area contributed by atoms with Crippen LogP contribution in [0.3, 0.4) is 0 Å². The summed E-state index contributed by atoms with van der Waals surface area (Å²) in [4.78, 5) is 16.0. The van der Waals surface area contributed by atoms with Crippen molar-refractivity contribution in [1.29, 1.82) is 0 Å². The molecule has 0 bridgehead atoms. The third-order valence-corrected chi connectivity index (χ3v) is 4.22. The van der Waals surface area contributed by atoms with Crippen LogP contribution >= 0.6 is 15.9 Å². The van der Waals surface area contributed by atoms with Crippen molar-refractivity contribution in [3.05, 3.63) is 64.4 Å². The highest BCUT2D eigenvalue weighted by molar-refractivity contribution is 9.10. The molecule has 2 aromatic carbocycles. The highest BCUT2D eigenvalue weighted by Gasteiger charge is 2.19. The summed E-state index contributed by atoms with van der Waals surface area (Å²) in [6.45, 7) is 2.34. The first-order chi connectivity index (χ1) is 12.1. The molecule has 0 saturated carbocycles. The SMILES string of the molecule is CCOC(=O)c1nc(Br)c2cc(OCc3ccccc3)ccc2c1O. The molecule has 1 N–H and O–H groups in total. The Morgan fingerprint density at radius 2 is 1.92 bits per heavy atom. The molecule has 6 heteroatoms. The summed E-state index contributed by atoms with van der Waals surface area (Å²) < 4.78 is 11.1. The van der Waals surface area contributed by atoms with Crippen LogP contribution in [0.2, 0.25) is 0 Å². The number of aromatic nitrogens is 1. The summed E-state index contributed by atoms with van der Waals surface area (Å²) in [5.74, 6) is -0.222. The molecule has 0 unspecified atom stereocenters. The van der Waals surface area contributed by atoms with E-state index in [9.17, 15) is 9.90 Å². The Morgan fingerprint density at radius 3 is 2.64 bits per heavy atom. The van der Waals surface area contributed by atoms with E-state index in [-0.39, 0.29) is 18.1 Å². The Kier molecular flexibility index (Phi) is 5.19. The lowest BCUT2D eigenvalue weighted by Crippen LogP contribution is -2.08. The number of aromatic hydroxyl groups is 1. The van der Waals surface area contributed by atoms with E-state index in [1.165, 1.54) is 0 Å². The Morgan fingerprint density at radius 1 is 1.16 bits per heavy atom. The van der Waals surface area contributed by atoms with Gasteiger partial charge in [-0.1, -0.05) is 30.3 Å². The summed E-state index contributed by atoms with van der Waals surface area (Å²) in [6, 6.07) is 15.0. The number of carbonyl (C=O) groups excluding carboxylic acids is 1. The van der Waals surface area contributed by atoms with Crippen molar-refractivity contribution in [2.24, 2.45) is 0 Å². The molecule has 0 aliphatic rings. The van der Waals surface area contributed by atoms with Crippen LogP contribution in [-0.2, 0) is 11.3 Å². The molecule has 0 atom stereocenters. The number of rotatable bonds is 5. The van der Waals surface area contributed by atoms with E-state index in [1.807, 2.05) is 30.3 Å². The van der Waals surface area contributed by atoms with Gasteiger partial charge in [0, 0.05) is 10.8 Å². The van der Waals surface area contributed by atoms with Crippen LogP contribution in [0.15, 0.2) is 53.1 Å². The summed E-state index contributed by atoms with van der Waals surface area (Å²) in [5, 5.41) is 11.5. The van der Waals surface area contributed by atoms with E-state index in [0.29, 0.717) is 27.7 Å². The minimum atomic E-state index is -0.660. The van der Waals surface area contributed by atoms with E-state index in [0.717, 1.165) is 5.56 Å². The molecule has 3 aromatic rings. The van der Waals surface area contributed by atoms with Crippen LogP contribution in [-0.4, -0.2) is 22.7 Å². The molecule has 3 rings (SSSR count). The summed E-state index contributed by atoms with van der Waals surface area (Å²) >= 11 is 3.35. The second-order valence-electron chi connectivity index (χ2n) is 5.30. The fraction of sp³-hybridized carbons (Fsp3) is 0.158. The third kappa shape index (κ3) is 3.74. The van der Waals surface area contributed by atoms with Crippen LogP contribution in [0.25, 0.3) is 10.8 Å². The minimum Gasteiger partial charge on any atom is -0.505 e. The zero-order valence-electron chi connectivity index (χ0n) is 13.5. The number of halogens is 1. The number of hydrogen-bond acceptors (Lipinski definition) is 5. The summed E-state index contributed by atoms with van der Waals surface area (Å²) in [7, 11) is 0. The number of ether oxygens (including phenoxy) is 2. The van der Waals surface area contributed by atoms with Crippen molar-refractivity contribution >= 4 is 32.7 Å². The lowest BCUT2D eigenvalue weighted by atomic mass is 10.1. The largest absolute Gasteiger partial charge is 0.505 e. The quantitative estimate of drug-likeness (QED) is 0.504. The van der Waals surface area contributed by atoms with E-state index < -0.39 is 5.97 Å². The van der Waals surface area contributed by atoms with Crippen LogP contribution in [0.1, 0.15) is 23.0 Å². The predicted octanol–water partition coefficient (Wildman–Crippen LogP) is 4.46. The van der Waals surface area contributed by atoms with Gasteiger partial charge in [0.25, 0.3) is 0 Å². The first-order valence-electron chi connectivity index (χ1n) is 7.76. The molecule has 25 heavy (non-hydrogen) atoms. The maximum absolute atomic E-state index is 11.9. The van der Waals surface area contributed by atoms with E-state index in [1.54, 1.807) is 25.1 Å². The average Bonchev–Trinajstić information content (AvgIpc) is 2.64. The number of fused-ring (bicyclic) bond motifs is 1. The lowest BCUT2D eigenvalue weighted by molar-refractivity contribution is 0.0516. The maximum atomic E-state index is 11.9. The van der Waals surface area contributed by atoms with Crippen LogP contribution < -0.4 is 4.74 Å². The summed E-state index contributed by atoms with van der Waals surface area (Å²) in [5.41, 5.74) is 0.944. The van der Waals surface area contributed by atoms with Crippen molar-refractivity contribution in [2.45, 2.75) is 13.5 Å². The molecule has 0 radical (unpaired) electrons. The molecule has 1 heterocycles. The Hall–Kier alpha value is -2.60. The normalized spacial score (nSPS) is 10.6. The van der Waals surface area contributed by atoms with Gasteiger partial charge in [0.15, 0.2) is 11.4 Å².